The Morgan fingerprint density at radius 2 is 2.06 bits per heavy atom. The van der Waals surface area contributed by atoms with Gasteiger partial charge < -0.3 is 15.2 Å². The monoisotopic (exact) mass is 239 g/mol. The van der Waals surface area contributed by atoms with Gasteiger partial charge in [0.15, 0.2) is 0 Å². The largest absolute Gasteiger partial charge is 0.501 e. The van der Waals surface area contributed by atoms with Crippen molar-refractivity contribution in [3.8, 4) is 0 Å². The summed E-state index contributed by atoms with van der Waals surface area (Å²) in [5, 5.41) is 0. The highest BCUT2D eigenvalue weighted by Gasteiger charge is 2.31. The SMILES string of the molecule is COC(C1CCCCC1)C(N)C1=COCCC1. The molecule has 0 radical (unpaired) electrons. The predicted octanol–water partition coefficient (Wildman–Crippen LogP) is 2.60. The van der Waals surface area contributed by atoms with Gasteiger partial charge >= 0.3 is 0 Å². The summed E-state index contributed by atoms with van der Waals surface area (Å²) in [5.41, 5.74) is 7.59. The highest BCUT2D eigenvalue weighted by Crippen LogP contribution is 2.31. The summed E-state index contributed by atoms with van der Waals surface area (Å²) < 4.78 is 11.1. The van der Waals surface area contributed by atoms with E-state index in [9.17, 15) is 0 Å². The smallest absolute Gasteiger partial charge is 0.0876 e. The maximum absolute atomic E-state index is 6.36. The van der Waals surface area contributed by atoms with E-state index >= 15 is 0 Å². The molecule has 0 saturated heterocycles. The fraction of sp³-hybridized carbons (Fsp3) is 0.857. The molecule has 1 aliphatic heterocycles. The van der Waals surface area contributed by atoms with Gasteiger partial charge in [-0.15, -0.1) is 0 Å². The standard InChI is InChI=1S/C14H25NO2/c1-16-14(11-6-3-2-4-7-11)13(15)12-8-5-9-17-10-12/h10-11,13-14H,2-9,15H2,1H3. The number of hydrogen-bond acceptors (Lipinski definition) is 3. The number of nitrogens with two attached hydrogens (primary N) is 1. The van der Waals surface area contributed by atoms with Crippen molar-refractivity contribution >= 4 is 0 Å². The van der Waals surface area contributed by atoms with Gasteiger partial charge in [0.1, 0.15) is 0 Å². The zero-order valence-corrected chi connectivity index (χ0v) is 10.9. The molecule has 2 unspecified atom stereocenters. The highest BCUT2D eigenvalue weighted by atomic mass is 16.5. The van der Waals surface area contributed by atoms with Gasteiger partial charge in [-0.05, 0) is 37.2 Å². The molecule has 0 aromatic heterocycles. The van der Waals surface area contributed by atoms with E-state index in [1.807, 2.05) is 6.26 Å². The van der Waals surface area contributed by atoms with Crippen molar-refractivity contribution in [3.63, 3.8) is 0 Å². The van der Waals surface area contributed by atoms with E-state index in [-0.39, 0.29) is 12.1 Å². The summed E-state index contributed by atoms with van der Waals surface area (Å²) >= 11 is 0. The lowest BCUT2D eigenvalue weighted by Gasteiger charge is -2.34. The Kier molecular flexibility index (Phi) is 4.86. The quantitative estimate of drug-likeness (QED) is 0.820. The van der Waals surface area contributed by atoms with Gasteiger partial charge in [-0.3, -0.25) is 0 Å². The number of rotatable bonds is 4. The van der Waals surface area contributed by atoms with Crippen molar-refractivity contribution in [1.82, 2.24) is 0 Å². The Labute approximate surface area is 104 Å². The first kappa shape index (κ1) is 12.9. The van der Waals surface area contributed by atoms with E-state index in [2.05, 4.69) is 0 Å². The molecule has 1 saturated carbocycles. The number of methoxy groups -OCH3 is 1. The minimum absolute atomic E-state index is 0.0170. The Hall–Kier alpha value is -0.540. The lowest BCUT2D eigenvalue weighted by molar-refractivity contribution is 0.0230. The third-order valence-corrected chi connectivity index (χ3v) is 4.13. The van der Waals surface area contributed by atoms with E-state index < -0.39 is 0 Å². The molecule has 17 heavy (non-hydrogen) atoms. The van der Waals surface area contributed by atoms with Crippen LogP contribution in [0.2, 0.25) is 0 Å². The molecule has 3 heteroatoms. The average molecular weight is 239 g/mol. The molecule has 3 nitrogen and oxygen atoms in total. The molecular formula is C14H25NO2. The van der Waals surface area contributed by atoms with Gasteiger partial charge in [0.2, 0.25) is 0 Å². The van der Waals surface area contributed by atoms with Gasteiger partial charge in [0.05, 0.1) is 25.0 Å². The topological polar surface area (TPSA) is 44.5 Å². The van der Waals surface area contributed by atoms with Gasteiger partial charge in [-0.1, -0.05) is 19.3 Å². The van der Waals surface area contributed by atoms with Crippen molar-refractivity contribution in [1.29, 1.82) is 0 Å². The highest BCUT2D eigenvalue weighted by molar-refractivity contribution is 5.12. The van der Waals surface area contributed by atoms with Gasteiger partial charge in [-0.2, -0.15) is 0 Å². The molecule has 98 valence electrons. The number of ether oxygens (including phenoxy) is 2. The van der Waals surface area contributed by atoms with Crippen LogP contribution in [0, 0.1) is 5.92 Å². The zero-order valence-electron chi connectivity index (χ0n) is 10.9. The van der Waals surface area contributed by atoms with Crippen molar-refractivity contribution in [2.75, 3.05) is 13.7 Å². The summed E-state index contributed by atoms with van der Waals surface area (Å²) in [6, 6.07) is 0.0170. The molecule has 0 aromatic rings. The minimum atomic E-state index is 0.0170. The van der Waals surface area contributed by atoms with Gasteiger partial charge in [0, 0.05) is 7.11 Å². The molecule has 1 fully saturated rings. The van der Waals surface area contributed by atoms with E-state index in [0.717, 1.165) is 19.4 Å². The molecule has 2 atom stereocenters. The van der Waals surface area contributed by atoms with Crippen LogP contribution in [0.25, 0.3) is 0 Å². The normalized spacial score (nSPS) is 25.9. The molecule has 2 rings (SSSR count). The van der Waals surface area contributed by atoms with E-state index in [4.69, 9.17) is 15.2 Å². The zero-order chi connectivity index (χ0) is 12.1. The Morgan fingerprint density at radius 1 is 1.29 bits per heavy atom. The second kappa shape index (κ2) is 6.41. The van der Waals surface area contributed by atoms with Crippen molar-refractivity contribution in [2.45, 2.75) is 57.1 Å². The van der Waals surface area contributed by atoms with Crippen LogP contribution in [0.1, 0.15) is 44.9 Å². The first-order chi connectivity index (χ1) is 8.33. The molecule has 0 spiro atoms. The van der Waals surface area contributed by atoms with Crippen LogP contribution in [0.5, 0.6) is 0 Å². The number of hydrogen-bond donors (Lipinski definition) is 1. The van der Waals surface area contributed by atoms with Crippen LogP contribution < -0.4 is 5.73 Å². The molecule has 2 N–H and O–H groups in total. The fourth-order valence-corrected chi connectivity index (χ4v) is 3.14. The molecule has 1 heterocycles. The van der Waals surface area contributed by atoms with Crippen LogP contribution in [-0.4, -0.2) is 25.9 Å². The van der Waals surface area contributed by atoms with Gasteiger partial charge in [0.25, 0.3) is 0 Å². The molecule has 0 aromatic carbocycles. The lowest BCUT2D eigenvalue weighted by Crippen LogP contribution is -2.44. The van der Waals surface area contributed by atoms with Crippen LogP contribution in [0.4, 0.5) is 0 Å². The molecule has 0 bridgehead atoms. The van der Waals surface area contributed by atoms with Crippen LogP contribution in [0.3, 0.4) is 0 Å². The third-order valence-electron chi connectivity index (χ3n) is 4.13. The second-order valence-electron chi connectivity index (χ2n) is 5.29. The molecular weight excluding hydrogens is 214 g/mol. The minimum Gasteiger partial charge on any atom is -0.501 e. The Morgan fingerprint density at radius 3 is 2.65 bits per heavy atom. The third kappa shape index (κ3) is 3.23. The Balaban J connectivity index is 1.98. The van der Waals surface area contributed by atoms with Crippen LogP contribution in [0.15, 0.2) is 11.8 Å². The first-order valence-corrected chi connectivity index (χ1v) is 6.92. The molecule has 2 aliphatic rings. The van der Waals surface area contributed by atoms with Gasteiger partial charge in [-0.25, -0.2) is 0 Å². The van der Waals surface area contributed by atoms with E-state index in [0.29, 0.717) is 5.92 Å². The van der Waals surface area contributed by atoms with E-state index in [1.165, 1.54) is 37.7 Å². The maximum Gasteiger partial charge on any atom is 0.0876 e. The lowest BCUT2D eigenvalue weighted by atomic mass is 9.80. The summed E-state index contributed by atoms with van der Waals surface area (Å²) in [6.45, 7) is 0.831. The summed E-state index contributed by atoms with van der Waals surface area (Å²) in [4.78, 5) is 0. The van der Waals surface area contributed by atoms with E-state index in [1.54, 1.807) is 7.11 Å². The maximum atomic E-state index is 6.36. The van der Waals surface area contributed by atoms with Crippen LogP contribution >= 0.6 is 0 Å². The summed E-state index contributed by atoms with van der Waals surface area (Å²) in [6.07, 6.45) is 10.7. The van der Waals surface area contributed by atoms with Crippen molar-refractivity contribution in [2.24, 2.45) is 11.7 Å². The summed E-state index contributed by atoms with van der Waals surface area (Å²) in [5.74, 6) is 0.631. The van der Waals surface area contributed by atoms with Crippen LogP contribution in [-0.2, 0) is 9.47 Å². The molecule has 1 aliphatic carbocycles. The average Bonchev–Trinajstić information content (AvgIpc) is 2.42. The second-order valence-corrected chi connectivity index (χ2v) is 5.29. The first-order valence-electron chi connectivity index (χ1n) is 6.92. The molecule has 0 amide bonds. The fourth-order valence-electron chi connectivity index (χ4n) is 3.14. The summed E-state index contributed by atoms with van der Waals surface area (Å²) in [7, 11) is 1.80. The van der Waals surface area contributed by atoms with Crippen molar-refractivity contribution in [3.05, 3.63) is 11.8 Å². The Bertz CT molecular complexity index is 259. The van der Waals surface area contributed by atoms with Crippen molar-refractivity contribution < 1.29 is 9.47 Å². The predicted molar refractivity (Wildman–Crippen MR) is 68.6 cm³/mol.